The molecule has 0 bridgehead atoms. The Bertz CT molecular complexity index is 655. The third-order valence-corrected chi connectivity index (χ3v) is 4.48. The quantitative estimate of drug-likeness (QED) is 0.824. The van der Waals surface area contributed by atoms with Crippen LogP contribution >= 0.6 is 0 Å². The van der Waals surface area contributed by atoms with E-state index in [2.05, 4.69) is 0 Å². The Labute approximate surface area is 153 Å². The van der Waals surface area contributed by atoms with Gasteiger partial charge in [0.1, 0.15) is 6.10 Å². The number of para-hydroxylation sites is 2. The van der Waals surface area contributed by atoms with Gasteiger partial charge in [-0.05, 0) is 25.0 Å². The van der Waals surface area contributed by atoms with E-state index in [0.717, 1.165) is 0 Å². The molecule has 0 radical (unpaired) electrons. The number of hydrogen-bond donors (Lipinski definition) is 0. The second-order valence-electron chi connectivity index (χ2n) is 7.09. The largest absolute Gasteiger partial charge is 0.482 e. The summed E-state index contributed by atoms with van der Waals surface area (Å²) in [6.07, 6.45) is -1.36. The van der Waals surface area contributed by atoms with Crippen LogP contribution in [0.1, 0.15) is 20.8 Å². The Morgan fingerprint density at radius 1 is 1.08 bits per heavy atom. The molecule has 1 aromatic carbocycles. The zero-order chi connectivity index (χ0) is 18.7. The van der Waals surface area contributed by atoms with Crippen molar-refractivity contribution in [3.63, 3.8) is 0 Å². The molecule has 3 rings (SSSR count). The summed E-state index contributed by atoms with van der Waals surface area (Å²) < 4.78 is 16.9. The number of nitrogens with zero attached hydrogens (tertiary/aromatic N) is 2. The third kappa shape index (κ3) is 4.03. The number of hydrogen-bond acceptors (Lipinski definition) is 5. The van der Waals surface area contributed by atoms with Gasteiger partial charge in [-0.1, -0.05) is 26.0 Å². The summed E-state index contributed by atoms with van der Waals surface area (Å²) in [6.45, 7) is 8.07. The SMILES string of the molecule is CC(C)COC(=O)N1CCN(C(=O)C2Oc3ccccc3OC2C)CC1. The molecular formula is C19H26N2O5. The van der Waals surface area contributed by atoms with E-state index in [1.165, 1.54) is 0 Å². The minimum Gasteiger partial charge on any atom is -0.482 e. The van der Waals surface area contributed by atoms with Crippen LogP contribution in [-0.2, 0) is 9.53 Å². The summed E-state index contributed by atoms with van der Waals surface area (Å²) in [6, 6.07) is 7.34. The van der Waals surface area contributed by atoms with Gasteiger partial charge in [0.2, 0.25) is 6.10 Å². The molecule has 142 valence electrons. The van der Waals surface area contributed by atoms with E-state index < -0.39 is 6.10 Å². The van der Waals surface area contributed by atoms with Crippen LogP contribution in [0.5, 0.6) is 11.5 Å². The van der Waals surface area contributed by atoms with Crippen molar-refractivity contribution in [3.05, 3.63) is 24.3 Å². The summed E-state index contributed by atoms with van der Waals surface area (Å²) in [4.78, 5) is 28.2. The Kier molecular flexibility index (Phi) is 5.54. The number of benzene rings is 1. The molecule has 0 saturated carbocycles. The Morgan fingerprint density at radius 3 is 2.27 bits per heavy atom. The lowest BCUT2D eigenvalue weighted by Crippen LogP contribution is -2.56. The highest BCUT2D eigenvalue weighted by atomic mass is 16.6. The smallest absolute Gasteiger partial charge is 0.409 e. The monoisotopic (exact) mass is 362 g/mol. The zero-order valence-electron chi connectivity index (χ0n) is 15.5. The van der Waals surface area contributed by atoms with Crippen molar-refractivity contribution < 1.29 is 23.8 Å². The highest BCUT2D eigenvalue weighted by Crippen LogP contribution is 2.34. The molecule has 26 heavy (non-hydrogen) atoms. The molecule has 2 aliphatic rings. The van der Waals surface area contributed by atoms with Crippen molar-refractivity contribution in [2.75, 3.05) is 32.8 Å². The molecule has 1 fully saturated rings. The van der Waals surface area contributed by atoms with Gasteiger partial charge in [-0.15, -0.1) is 0 Å². The molecule has 0 aromatic heterocycles. The number of ether oxygens (including phenoxy) is 3. The van der Waals surface area contributed by atoms with Crippen molar-refractivity contribution in [1.82, 2.24) is 9.80 Å². The number of rotatable bonds is 3. The number of amides is 2. The fourth-order valence-corrected chi connectivity index (χ4v) is 3.01. The van der Waals surface area contributed by atoms with Crippen molar-refractivity contribution in [1.29, 1.82) is 0 Å². The molecule has 2 amide bonds. The molecule has 1 saturated heterocycles. The lowest BCUT2D eigenvalue weighted by atomic mass is 10.1. The van der Waals surface area contributed by atoms with Gasteiger partial charge in [0.05, 0.1) is 6.61 Å². The maximum absolute atomic E-state index is 12.9. The molecule has 0 aliphatic carbocycles. The normalized spacial score (nSPS) is 22.3. The maximum Gasteiger partial charge on any atom is 0.409 e. The lowest BCUT2D eigenvalue weighted by molar-refractivity contribution is -0.146. The maximum atomic E-state index is 12.9. The van der Waals surface area contributed by atoms with Crippen molar-refractivity contribution in [3.8, 4) is 11.5 Å². The van der Waals surface area contributed by atoms with Crippen LogP contribution in [0.15, 0.2) is 24.3 Å². The van der Waals surface area contributed by atoms with Gasteiger partial charge >= 0.3 is 6.09 Å². The van der Waals surface area contributed by atoms with Crippen molar-refractivity contribution in [2.24, 2.45) is 5.92 Å². The van der Waals surface area contributed by atoms with E-state index in [4.69, 9.17) is 14.2 Å². The van der Waals surface area contributed by atoms with Crippen LogP contribution < -0.4 is 9.47 Å². The van der Waals surface area contributed by atoms with Gasteiger partial charge in [0.25, 0.3) is 5.91 Å². The molecule has 2 aliphatic heterocycles. The predicted molar refractivity (Wildman–Crippen MR) is 95.3 cm³/mol. The molecule has 0 spiro atoms. The molecule has 2 unspecified atom stereocenters. The van der Waals surface area contributed by atoms with E-state index in [1.807, 2.05) is 39.0 Å². The first kappa shape index (κ1) is 18.4. The number of carbonyl (C=O) groups excluding carboxylic acids is 2. The van der Waals surface area contributed by atoms with Crippen molar-refractivity contribution in [2.45, 2.75) is 33.0 Å². The van der Waals surface area contributed by atoms with Crippen LogP contribution in [-0.4, -0.2) is 66.8 Å². The highest BCUT2D eigenvalue weighted by Gasteiger charge is 2.38. The summed E-state index contributed by atoms with van der Waals surface area (Å²) in [5, 5.41) is 0. The molecule has 1 aromatic rings. The second-order valence-corrected chi connectivity index (χ2v) is 7.09. The molecule has 2 atom stereocenters. The molecule has 2 heterocycles. The summed E-state index contributed by atoms with van der Waals surface area (Å²) in [5.74, 6) is 1.43. The van der Waals surface area contributed by atoms with E-state index in [-0.39, 0.29) is 18.1 Å². The van der Waals surface area contributed by atoms with E-state index >= 15 is 0 Å². The molecule has 0 N–H and O–H groups in total. The number of piperazine rings is 1. The summed E-state index contributed by atoms with van der Waals surface area (Å²) in [5.41, 5.74) is 0. The average molecular weight is 362 g/mol. The molecule has 7 heteroatoms. The average Bonchev–Trinajstić information content (AvgIpc) is 2.65. The van der Waals surface area contributed by atoms with Gasteiger partial charge < -0.3 is 24.0 Å². The Morgan fingerprint density at radius 2 is 1.65 bits per heavy atom. The second kappa shape index (κ2) is 7.85. The first-order chi connectivity index (χ1) is 12.5. The minimum atomic E-state index is -0.677. The van der Waals surface area contributed by atoms with E-state index in [0.29, 0.717) is 50.2 Å². The fraction of sp³-hybridized carbons (Fsp3) is 0.579. The highest BCUT2D eigenvalue weighted by molar-refractivity contribution is 5.83. The van der Waals surface area contributed by atoms with Gasteiger partial charge in [-0.2, -0.15) is 0 Å². The first-order valence-electron chi connectivity index (χ1n) is 9.08. The lowest BCUT2D eigenvalue weighted by Gasteiger charge is -2.38. The van der Waals surface area contributed by atoms with E-state index in [1.54, 1.807) is 15.9 Å². The van der Waals surface area contributed by atoms with Crippen LogP contribution in [0.25, 0.3) is 0 Å². The Balaban J connectivity index is 1.55. The van der Waals surface area contributed by atoms with Crippen molar-refractivity contribution >= 4 is 12.0 Å². The van der Waals surface area contributed by atoms with Crippen LogP contribution in [0.4, 0.5) is 4.79 Å². The predicted octanol–water partition coefficient (Wildman–Crippen LogP) is 2.15. The number of fused-ring (bicyclic) bond motifs is 1. The third-order valence-electron chi connectivity index (χ3n) is 4.48. The summed E-state index contributed by atoms with van der Waals surface area (Å²) in [7, 11) is 0. The minimum absolute atomic E-state index is 0.109. The first-order valence-corrected chi connectivity index (χ1v) is 9.08. The van der Waals surface area contributed by atoms with E-state index in [9.17, 15) is 9.59 Å². The van der Waals surface area contributed by atoms with Gasteiger partial charge in [0.15, 0.2) is 11.5 Å². The Hall–Kier alpha value is -2.44. The van der Waals surface area contributed by atoms with Crippen LogP contribution in [0, 0.1) is 5.92 Å². The molecule has 7 nitrogen and oxygen atoms in total. The zero-order valence-corrected chi connectivity index (χ0v) is 15.5. The van der Waals surface area contributed by atoms with Gasteiger partial charge in [0, 0.05) is 26.2 Å². The molecular weight excluding hydrogens is 336 g/mol. The topological polar surface area (TPSA) is 68.3 Å². The number of carbonyl (C=O) groups is 2. The van der Waals surface area contributed by atoms with Gasteiger partial charge in [-0.3, -0.25) is 4.79 Å². The summed E-state index contributed by atoms with van der Waals surface area (Å²) >= 11 is 0. The standard InChI is InChI=1S/C19H26N2O5/c1-13(2)12-24-19(23)21-10-8-20(9-11-21)18(22)17-14(3)25-15-6-4-5-7-16(15)26-17/h4-7,13-14,17H,8-12H2,1-3H3. The fourth-order valence-electron chi connectivity index (χ4n) is 3.01. The van der Waals surface area contributed by atoms with Crippen LogP contribution in [0.2, 0.25) is 0 Å². The van der Waals surface area contributed by atoms with Crippen LogP contribution in [0.3, 0.4) is 0 Å². The van der Waals surface area contributed by atoms with Gasteiger partial charge in [-0.25, -0.2) is 4.79 Å².